The maximum Gasteiger partial charge on any atom is 0.231 e. The number of carbonyl (C=O) groups excluding carboxylic acids is 1. The molecule has 1 aliphatic rings. The Morgan fingerprint density at radius 3 is 2.64 bits per heavy atom. The van der Waals surface area contributed by atoms with Crippen LogP contribution in [-0.2, 0) is 21.5 Å². The van der Waals surface area contributed by atoms with Gasteiger partial charge in [-0.1, -0.05) is 30.3 Å². The first-order valence-electron chi connectivity index (χ1n) is 9.39. The molecule has 1 unspecified atom stereocenters. The van der Waals surface area contributed by atoms with Gasteiger partial charge < -0.3 is 15.2 Å². The molecule has 1 aromatic carbocycles. The van der Waals surface area contributed by atoms with Gasteiger partial charge in [-0.05, 0) is 52.9 Å². The standard InChI is InChI=1S/C22H23NO3S2/c24-20(16-8-13-27-15-16)19-7-6-18(28-19)14-23-21(25)22(9-11-26-12-10-22)17-4-2-1-3-5-17/h1-8,13,15,20,24H,9-12,14H2,(H,23,25). The second-order valence-electron chi connectivity index (χ2n) is 7.01. The third-order valence-corrected chi connectivity index (χ3v) is 7.18. The lowest BCUT2D eigenvalue weighted by atomic mass is 9.73. The van der Waals surface area contributed by atoms with E-state index in [9.17, 15) is 9.90 Å². The van der Waals surface area contributed by atoms with Gasteiger partial charge in [0.15, 0.2) is 0 Å². The summed E-state index contributed by atoms with van der Waals surface area (Å²) in [5.41, 5.74) is 1.43. The summed E-state index contributed by atoms with van der Waals surface area (Å²) in [5.74, 6) is 0.0512. The molecule has 0 aliphatic carbocycles. The molecular weight excluding hydrogens is 390 g/mol. The van der Waals surface area contributed by atoms with Gasteiger partial charge in [-0.15, -0.1) is 11.3 Å². The first-order chi connectivity index (χ1) is 13.7. The van der Waals surface area contributed by atoms with Crippen molar-refractivity contribution < 1.29 is 14.6 Å². The van der Waals surface area contributed by atoms with Crippen molar-refractivity contribution in [3.63, 3.8) is 0 Å². The number of hydrogen-bond acceptors (Lipinski definition) is 5. The van der Waals surface area contributed by atoms with E-state index in [1.807, 2.05) is 59.3 Å². The highest BCUT2D eigenvalue weighted by molar-refractivity contribution is 7.12. The van der Waals surface area contributed by atoms with Crippen molar-refractivity contribution >= 4 is 28.6 Å². The number of aliphatic hydroxyl groups is 1. The van der Waals surface area contributed by atoms with E-state index >= 15 is 0 Å². The molecular formula is C22H23NO3S2. The number of ether oxygens (including phenoxy) is 1. The van der Waals surface area contributed by atoms with Gasteiger partial charge in [0.05, 0.1) is 12.0 Å². The van der Waals surface area contributed by atoms with Gasteiger partial charge in [0, 0.05) is 23.0 Å². The number of amides is 1. The normalized spacial score (nSPS) is 17.2. The predicted molar refractivity (Wildman–Crippen MR) is 113 cm³/mol. The lowest BCUT2D eigenvalue weighted by Gasteiger charge is -2.36. The maximum absolute atomic E-state index is 13.2. The summed E-state index contributed by atoms with van der Waals surface area (Å²) in [7, 11) is 0. The third kappa shape index (κ3) is 3.91. The molecule has 0 radical (unpaired) electrons. The lowest BCUT2D eigenvalue weighted by Crippen LogP contribution is -2.47. The zero-order chi connectivity index (χ0) is 19.4. The Balaban J connectivity index is 1.46. The number of carbonyl (C=O) groups is 1. The van der Waals surface area contributed by atoms with Crippen LogP contribution >= 0.6 is 22.7 Å². The molecule has 0 bridgehead atoms. The van der Waals surface area contributed by atoms with E-state index in [4.69, 9.17) is 4.74 Å². The fraction of sp³-hybridized carbons (Fsp3) is 0.318. The Hall–Kier alpha value is -1.99. The Labute approximate surface area is 172 Å². The molecule has 4 nitrogen and oxygen atoms in total. The van der Waals surface area contributed by atoms with E-state index in [1.54, 1.807) is 11.3 Å². The van der Waals surface area contributed by atoms with Gasteiger partial charge in [-0.25, -0.2) is 0 Å². The van der Waals surface area contributed by atoms with Crippen LogP contribution in [0.1, 0.15) is 39.8 Å². The first kappa shape index (κ1) is 19.3. The van der Waals surface area contributed by atoms with Crippen molar-refractivity contribution in [3.8, 4) is 0 Å². The largest absolute Gasteiger partial charge is 0.383 e. The zero-order valence-electron chi connectivity index (χ0n) is 15.5. The summed E-state index contributed by atoms with van der Waals surface area (Å²) in [5, 5.41) is 17.5. The average molecular weight is 414 g/mol. The number of rotatable bonds is 6. The highest BCUT2D eigenvalue weighted by atomic mass is 32.1. The topological polar surface area (TPSA) is 58.6 Å². The summed E-state index contributed by atoms with van der Waals surface area (Å²) in [6, 6.07) is 15.9. The lowest BCUT2D eigenvalue weighted by molar-refractivity contribution is -0.130. The summed E-state index contributed by atoms with van der Waals surface area (Å²) >= 11 is 3.11. The minimum absolute atomic E-state index is 0.0512. The number of aliphatic hydroxyl groups excluding tert-OH is 1. The molecule has 1 amide bonds. The van der Waals surface area contributed by atoms with E-state index in [2.05, 4.69) is 5.32 Å². The van der Waals surface area contributed by atoms with Gasteiger partial charge in [0.2, 0.25) is 5.91 Å². The molecule has 0 spiro atoms. The van der Waals surface area contributed by atoms with Gasteiger partial charge in [-0.2, -0.15) is 11.3 Å². The summed E-state index contributed by atoms with van der Waals surface area (Å²) in [4.78, 5) is 15.1. The van der Waals surface area contributed by atoms with Crippen LogP contribution in [0.2, 0.25) is 0 Å². The molecule has 1 fully saturated rings. The molecule has 146 valence electrons. The number of nitrogens with one attached hydrogen (secondary N) is 1. The molecule has 1 saturated heterocycles. The summed E-state index contributed by atoms with van der Waals surface area (Å²) in [6.07, 6.45) is 0.775. The average Bonchev–Trinajstić information content (AvgIpc) is 3.45. The second kappa shape index (κ2) is 8.57. The molecule has 28 heavy (non-hydrogen) atoms. The van der Waals surface area contributed by atoms with Gasteiger partial charge in [0.25, 0.3) is 0 Å². The predicted octanol–water partition coefficient (Wildman–Crippen LogP) is 4.26. The van der Waals surface area contributed by atoms with Crippen LogP contribution in [-0.4, -0.2) is 24.2 Å². The van der Waals surface area contributed by atoms with E-state index in [0.717, 1.165) is 20.9 Å². The first-order valence-corrected chi connectivity index (χ1v) is 11.2. The minimum atomic E-state index is -0.605. The van der Waals surface area contributed by atoms with Crippen molar-refractivity contribution in [2.45, 2.75) is 30.9 Å². The van der Waals surface area contributed by atoms with Crippen molar-refractivity contribution in [1.29, 1.82) is 0 Å². The third-order valence-electron chi connectivity index (χ3n) is 5.34. The molecule has 0 saturated carbocycles. The Bertz CT molecular complexity index is 899. The van der Waals surface area contributed by atoms with Gasteiger partial charge in [0.1, 0.15) is 6.10 Å². The summed E-state index contributed by atoms with van der Waals surface area (Å²) < 4.78 is 5.52. The second-order valence-corrected chi connectivity index (χ2v) is 8.99. The van der Waals surface area contributed by atoms with Crippen molar-refractivity contribution in [3.05, 3.63) is 80.2 Å². The van der Waals surface area contributed by atoms with Crippen LogP contribution in [0, 0.1) is 0 Å². The highest BCUT2D eigenvalue weighted by Crippen LogP contribution is 2.35. The van der Waals surface area contributed by atoms with Crippen LogP contribution in [0.3, 0.4) is 0 Å². The molecule has 1 atom stereocenters. The fourth-order valence-electron chi connectivity index (χ4n) is 3.69. The number of thiophene rings is 2. The quantitative estimate of drug-likeness (QED) is 0.635. The maximum atomic E-state index is 13.2. The SMILES string of the molecule is O=C(NCc1ccc(C(O)c2ccsc2)s1)C1(c2ccccc2)CCOCC1. The van der Waals surface area contributed by atoms with E-state index < -0.39 is 11.5 Å². The van der Waals surface area contributed by atoms with Crippen LogP contribution in [0.15, 0.2) is 59.3 Å². The Morgan fingerprint density at radius 1 is 1.14 bits per heavy atom. The fourth-order valence-corrected chi connectivity index (χ4v) is 5.34. The number of hydrogen-bond donors (Lipinski definition) is 2. The van der Waals surface area contributed by atoms with Crippen LogP contribution < -0.4 is 5.32 Å². The molecule has 4 rings (SSSR count). The molecule has 6 heteroatoms. The zero-order valence-corrected chi connectivity index (χ0v) is 17.1. The Morgan fingerprint density at radius 2 is 1.93 bits per heavy atom. The van der Waals surface area contributed by atoms with Crippen LogP contribution in [0.5, 0.6) is 0 Å². The molecule has 1 aliphatic heterocycles. The minimum Gasteiger partial charge on any atom is -0.383 e. The van der Waals surface area contributed by atoms with Crippen LogP contribution in [0.4, 0.5) is 0 Å². The van der Waals surface area contributed by atoms with Crippen molar-refractivity contribution in [2.24, 2.45) is 0 Å². The van der Waals surface area contributed by atoms with E-state index in [1.165, 1.54) is 11.3 Å². The molecule has 3 heterocycles. The summed E-state index contributed by atoms with van der Waals surface area (Å²) in [6.45, 7) is 1.66. The van der Waals surface area contributed by atoms with Gasteiger partial charge >= 0.3 is 0 Å². The van der Waals surface area contributed by atoms with E-state index in [0.29, 0.717) is 32.6 Å². The van der Waals surface area contributed by atoms with Crippen molar-refractivity contribution in [2.75, 3.05) is 13.2 Å². The Kier molecular flexibility index (Phi) is 5.92. The van der Waals surface area contributed by atoms with Crippen LogP contribution in [0.25, 0.3) is 0 Å². The van der Waals surface area contributed by atoms with Crippen molar-refractivity contribution in [1.82, 2.24) is 5.32 Å². The molecule has 2 N–H and O–H groups in total. The molecule has 2 aromatic heterocycles. The monoisotopic (exact) mass is 413 g/mol. The number of benzene rings is 1. The molecule has 3 aromatic rings. The van der Waals surface area contributed by atoms with E-state index in [-0.39, 0.29) is 5.91 Å². The van der Waals surface area contributed by atoms with Gasteiger partial charge in [-0.3, -0.25) is 4.79 Å². The smallest absolute Gasteiger partial charge is 0.231 e. The highest BCUT2D eigenvalue weighted by Gasteiger charge is 2.41.